The number of aryl methyl sites for hydroxylation is 2. The summed E-state index contributed by atoms with van der Waals surface area (Å²) in [5, 5.41) is 0. The lowest BCUT2D eigenvalue weighted by Crippen LogP contribution is -2.40. The van der Waals surface area contributed by atoms with Crippen molar-refractivity contribution in [2.24, 2.45) is 0 Å². The summed E-state index contributed by atoms with van der Waals surface area (Å²) in [4.78, 5) is 11.7. The van der Waals surface area contributed by atoms with E-state index >= 15 is 0 Å². The highest BCUT2D eigenvalue weighted by Crippen LogP contribution is 2.32. The molecule has 1 amide bonds. The monoisotopic (exact) mass is 523 g/mol. The zero-order chi connectivity index (χ0) is 26.4. The molecule has 7 nitrogen and oxygen atoms in total. The Bertz CT molecular complexity index is 1330. The first-order valence-electron chi connectivity index (χ1n) is 12.4. The van der Waals surface area contributed by atoms with E-state index in [1.807, 2.05) is 48.0 Å². The van der Waals surface area contributed by atoms with Crippen LogP contribution in [0.4, 0.5) is 0 Å². The summed E-state index contributed by atoms with van der Waals surface area (Å²) in [7, 11) is -3.57. The van der Waals surface area contributed by atoms with Gasteiger partial charge in [-0.3, -0.25) is 9.52 Å². The second-order valence-corrected chi connectivity index (χ2v) is 11.0. The Morgan fingerprint density at radius 3 is 2.32 bits per heavy atom. The Morgan fingerprint density at radius 1 is 0.919 bits per heavy atom. The van der Waals surface area contributed by atoms with Gasteiger partial charge in [-0.2, -0.15) is 0 Å². The second-order valence-electron chi connectivity index (χ2n) is 9.24. The molecule has 0 radical (unpaired) electrons. The highest BCUT2D eigenvalue weighted by Gasteiger charge is 2.30. The molecule has 37 heavy (non-hydrogen) atoms. The average molecular weight is 524 g/mol. The normalized spacial score (nSPS) is 16.7. The minimum absolute atomic E-state index is 0.0923. The summed E-state index contributed by atoms with van der Waals surface area (Å²) < 4.78 is 42.9. The van der Waals surface area contributed by atoms with E-state index in [2.05, 4.69) is 38.1 Å². The number of sulfonamides is 1. The van der Waals surface area contributed by atoms with E-state index in [-0.39, 0.29) is 18.1 Å². The molecule has 0 saturated carbocycles. The fourth-order valence-corrected chi connectivity index (χ4v) is 6.02. The zero-order valence-corrected chi connectivity index (χ0v) is 22.3. The van der Waals surface area contributed by atoms with Crippen LogP contribution in [0.3, 0.4) is 0 Å². The third kappa shape index (κ3) is 7.11. The lowest BCUT2D eigenvalue weighted by molar-refractivity contribution is -0.119. The predicted octanol–water partition coefficient (Wildman–Crippen LogP) is 4.90. The first kappa shape index (κ1) is 26.7. The van der Waals surface area contributed by atoms with Crippen LogP contribution in [0.5, 0.6) is 11.5 Å². The topological polar surface area (TPSA) is 90.9 Å². The molecular weight excluding hydrogens is 490 g/mol. The third-order valence-electron chi connectivity index (χ3n) is 6.30. The molecule has 1 aliphatic rings. The van der Waals surface area contributed by atoms with Gasteiger partial charge in [-0.1, -0.05) is 30.3 Å². The zero-order valence-electron chi connectivity index (χ0n) is 21.5. The summed E-state index contributed by atoms with van der Waals surface area (Å²) in [5.74, 6) is 0.611. The molecule has 0 spiro atoms. The summed E-state index contributed by atoms with van der Waals surface area (Å²) in [6.07, 6.45) is 0.158. The first-order chi connectivity index (χ1) is 17.7. The number of nitrogens with one attached hydrogen (secondary N) is 1. The molecule has 0 aliphatic carbocycles. The van der Waals surface area contributed by atoms with Crippen LogP contribution in [-0.4, -0.2) is 39.9 Å². The summed E-state index contributed by atoms with van der Waals surface area (Å²) in [5.41, 5.74) is 6.41. The van der Waals surface area contributed by atoms with Crippen LogP contribution >= 0.6 is 0 Å². The quantitative estimate of drug-likeness (QED) is 0.380. The van der Waals surface area contributed by atoms with Crippen molar-refractivity contribution in [2.45, 2.75) is 39.7 Å². The summed E-state index contributed by atoms with van der Waals surface area (Å²) in [6.45, 7) is 8.31. The Hall–Kier alpha value is -3.36. The highest BCUT2D eigenvalue weighted by atomic mass is 32.2. The van der Waals surface area contributed by atoms with E-state index in [9.17, 15) is 13.2 Å². The van der Waals surface area contributed by atoms with Crippen LogP contribution < -0.4 is 14.2 Å². The number of amides is 1. The SMILES string of the molecule is CCOCCOc1cc(C)c(-c2cccc(COc3ccc(C4CC(=O)NS(=O)(=O)C4)cc3)c2)c(C)c1. The van der Waals surface area contributed by atoms with Crippen LogP contribution in [-0.2, 0) is 26.2 Å². The number of rotatable bonds is 10. The van der Waals surface area contributed by atoms with E-state index in [4.69, 9.17) is 14.2 Å². The molecule has 1 N–H and O–H groups in total. The van der Waals surface area contributed by atoms with Crippen LogP contribution in [0, 0.1) is 13.8 Å². The Morgan fingerprint density at radius 2 is 1.65 bits per heavy atom. The molecule has 0 aromatic heterocycles. The maximum Gasteiger partial charge on any atom is 0.235 e. The fraction of sp³-hybridized carbons (Fsp3) is 0.345. The van der Waals surface area contributed by atoms with Gasteiger partial charge < -0.3 is 14.2 Å². The van der Waals surface area contributed by atoms with Crippen molar-refractivity contribution in [3.8, 4) is 22.6 Å². The lowest BCUT2D eigenvalue weighted by atomic mass is 9.94. The molecule has 3 aromatic rings. The molecule has 8 heteroatoms. The Balaban J connectivity index is 1.41. The van der Waals surface area contributed by atoms with E-state index < -0.39 is 15.9 Å². The molecule has 1 saturated heterocycles. The van der Waals surface area contributed by atoms with Gasteiger partial charge in [-0.15, -0.1) is 0 Å². The Kier molecular flexibility index (Phi) is 8.51. The van der Waals surface area contributed by atoms with Crippen LogP contribution in [0.15, 0.2) is 60.7 Å². The number of carbonyl (C=O) groups is 1. The van der Waals surface area contributed by atoms with Gasteiger partial charge in [0.05, 0.1) is 12.4 Å². The molecule has 0 bridgehead atoms. The van der Waals surface area contributed by atoms with Crippen LogP contribution in [0.25, 0.3) is 11.1 Å². The van der Waals surface area contributed by atoms with Gasteiger partial charge in [0.15, 0.2) is 0 Å². The maximum atomic E-state index is 11.9. The van der Waals surface area contributed by atoms with E-state index in [0.29, 0.717) is 32.2 Å². The number of carbonyl (C=O) groups excluding carboxylic acids is 1. The van der Waals surface area contributed by atoms with Gasteiger partial charge in [0, 0.05) is 18.9 Å². The standard InChI is InChI=1S/C29H33NO6S/c1-4-34-12-13-35-27-14-20(2)29(21(3)15-27)24-7-5-6-22(16-24)18-36-26-10-8-23(9-11-26)25-17-28(31)30-37(32,33)19-25/h5-11,14-16,25H,4,12-13,17-19H2,1-3H3,(H,30,31). The third-order valence-corrected chi connectivity index (χ3v) is 7.68. The molecular formula is C29H33NO6S. The molecule has 4 rings (SSSR count). The van der Waals surface area contributed by atoms with Gasteiger partial charge in [0.25, 0.3) is 0 Å². The summed E-state index contributed by atoms with van der Waals surface area (Å²) in [6, 6.07) is 19.7. The molecule has 1 heterocycles. The lowest BCUT2D eigenvalue weighted by Gasteiger charge is -2.22. The van der Waals surface area contributed by atoms with Crippen molar-refractivity contribution in [3.63, 3.8) is 0 Å². The van der Waals surface area contributed by atoms with Gasteiger partial charge in [0.2, 0.25) is 15.9 Å². The smallest absolute Gasteiger partial charge is 0.235 e. The first-order valence-corrected chi connectivity index (χ1v) is 14.1. The molecule has 1 aliphatic heterocycles. The molecule has 1 fully saturated rings. The molecule has 3 aromatic carbocycles. The van der Waals surface area contributed by atoms with Crippen molar-refractivity contribution >= 4 is 15.9 Å². The van der Waals surface area contributed by atoms with E-state index in [1.54, 1.807) is 0 Å². The van der Waals surface area contributed by atoms with Crippen molar-refractivity contribution in [1.29, 1.82) is 0 Å². The second kappa shape index (κ2) is 11.8. The number of benzene rings is 3. The van der Waals surface area contributed by atoms with E-state index in [1.165, 1.54) is 5.56 Å². The number of ether oxygens (including phenoxy) is 3. The van der Waals surface area contributed by atoms with Crippen molar-refractivity contribution in [3.05, 3.63) is 82.9 Å². The van der Waals surface area contributed by atoms with Crippen LogP contribution in [0.2, 0.25) is 0 Å². The predicted molar refractivity (Wildman–Crippen MR) is 143 cm³/mol. The van der Waals surface area contributed by atoms with Crippen molar-refractivity contribution in [1.82, 2.24) is 4.72 Å². The minimum Gasteiger partial charge on any atom is -0.491 e. The largest absolute Gasteiger partial charge is 0.491 e. The molecule has 1 unspecified atom stereocenters. The molecule has 196 valence electrons. The van der Waals surface area contributed by atoms with Gasteiger partial charge >= 0.3 is 0 Å². The maximum absolute atomic E-state index is 11.9. The minimum atomic E-state index is -3.57. The van der Waals surface area contributed by atoms with Gasteiger partial charge in [0.1, 0.15) is 24.7 Å². The van der Waals surface area contributed by atoms with Gasteiger partial charge in [-0.05, 0) is 84.5 Å². The van der Waals surface area contributed by atoms with E-state index in [0.717, 1.165) is 33.6 Å². The Labute approximate surface area is 218 Å². The average Bonchev–Trinajstić information content (AvgIpc) is 2.84. The van der Waals surface area contributed by atoms with Crippen molar-refractivity contribution < 1.29 is 27.4 Å². The van der Waals surface area contributed by atoms with Crippen molar-refractivity contribution in [2.75, 3.05) is 25.6 Å². The summed E-state index contributed by atoms with van der Waals surface area (Å²) >= 11 is 0. The fourth-order valence-electron chi connectivity index (χ4n) is 4.66. The van der Waals surface area contributed by atoms with Gasteiger partial charge in [-0.25, -0.2) is 8.42 Å². The molecule has 1 atom stereocenters. The number of hydrogen-bond donors (Lipinski definition) is 1. The highest BCUT2D eigenvalue weighted by molar-refractivity contribution is 7.90. The van der Waals surface area contributed by atoms with Crippen LogP contribution in [0.1, 0.15) is 41.5 Å². The number of hydrogen-bond acceptors (Lipinski definition) is 6.